The number of carbonyl (C=O) groups is 2. The molecule has 0 aliphatic rings. The average Bonchev–Trinajstić information content (AvgIpc) is 3.49. The highest BCUT2D eigenvalue weighted by molar-refractivity contribution is 7.85. The van der Waals surface area contributed by atoms with Crippen LogP contribution in [0.2, 0.25) is 0 Å². The van der Waals surface area contributed by atoms with Crippen LogP contribution < -0.4 is 14.4 Å². The van der Waals surface area contributed by atoms with Crippen LogP contribution in [0.1, 0.15) is 12.8 Å². The van der Waals surface area contributed by atoms with E-state index in [0.717, 1.165) is 16.6 Å². The van der Waals surface area contributed by atoms with Crippen LogP contribution in [-0.4, -0.2) is 132 Å². The molecule has 0 aliphatic heterocycles. The van der Waals surface area contributed by atoms with Gasteiger partial charge in [-0.05, 0) is 30.7 Å². The maximum absolute atomic E-state index is 10.8. The van der Waals surface area contributed by atoms with Gasteiger partial charge in [-0.2, -0.15) is 4.57 Å². The maximum Gasteiger partial charge on any atom is 0.305 e. The summed E-state index contributed by atoms with van der Waals surface area (Å²) >= 11 is 0. The second kappa shape index (κ2) is 21.3. The van der Waals surface area contributed by atoms with Crippen molar-refractivity contribution < 1.29 is 69.9 Å². The van der Waals surface area contributed by atoms with Gasteiger partial charge in [0.1, 0.15) is 24.4 Å². The molecule has 16 nitrogen and oxygen atoms in total. The van der Waals surface area contributed by atoms with Crippen LogP contribution in [-0.2, 0) is 45.2 Å². The lowest BCUT2D eigenvalue weighted by Gasteiger charge is -2.23. The van der Waals surface area contributed by atoms with Gasteiger partial charge in [0.25, 0.3) is 11.6 Å². The molecule has 286 valence electrons. The Morgan fingerprint density at radius 3 is 2.10 bits per heavy atom. The van der Waals surface area contributed by atoms with E-state index in [1.54, 1.807) is 39.3 Å². The van der Waals surface area contributed by atoms with Crippen LogP contribution >= 0.6 is 0 Å². The zero-order chi connectivity index (χ0) is 38.0. The highest BCUT2D eigenvalue weighted by Gasteiger charge is 2.22. The Kier molecular flexibility index (Phi) is 17.3. The number of hydrogen-bond donors (Lipinski definition) is 1. The second-order valence-electron chi connectivity index (χ2n) is 12.5. The minimum atomic E-state index is -4.28. The number of aliphatic carboxylic acids is 2. The van der Waals surface area contributed by atoms with E-state index in [1.807, 2.05) is 36.4 Å². The summed E-state index contributed by atoms with van der Waals surface area (Å²) in [5, 5.41) is 19.5. The summed E-state index contributed by atoms with van der Waals surface area (Å²) in [6.45, 7) is 3.63. The zero-order valence-electron chi connectivity index (χ0n) is 29.7. The van der Waals surface area contributed by atoms with Crippen molar-refractivity contribution in [3.05, 3.63) is 54.6 Å². The molecule has 0 amide bonds. The van der Waals surface area contributed by atoms with Gasteiger partial charge in [0.15, 0.2) is 12.1 Å². The van der Waals surface area contributed by atoms with Crippen LogP contribution in [0, 0.1) is 0 Å². The van der Waals surface area contributed by atoms with Crippen molar-refractivity contribution >= 4 is 44.1 Å². The molecule has 0 spiro atoms. The number of nitrogens with zero attached hydrogens (tertiary/aromatic N) is 3. The minimum absolute atomic E-state index is 0.0249. The van der Waals surface area contributed by atoms with E-state index in [2.05, 4.69) is 9.55 Å². The summed E-state index contributed by atoms with van der Waals surface area (Å²) in [5.74, 6) is -1.46. The number of carboxylic acids is 2. The van der Waals surface area contributed by atoms with Gasteiger partial charge < -0.3 is 52.1 Å². The molecule has 0 saturated carbocycles. The van der Waals surface area contributed by atoms with Crippen LogP contribution in [0.3, 0.4) is 0 Å². The van der Waals surface area contributed by atoms with E-state index in [1.165, 1.54) is 0 Å². The predicted molar refractivity (Wildman–Crippen MR) is 185 cm³/mol. The normalized spacial score (nSPS) is 11.8. The Bertz CT molecular complexity index is 1820. The molecule has 0 radical (unpaired) electrons. The molecule has 0 saturated heterocycles. The number of carboxylic acid groups (broad SMARTS) is 2. The third-order valence-corrected chi connectivity index (χ3v) is 7.75. The number of oxazole rings is 1. The summed E-state index contributed by atoms with van der Waals surface area (Å²) in [6.07, 6.45) is 0.0722. The van der Waals surface area contributed by atoms with Crippen molar-refractivity contribution in [2.45, 2.75) is 19.4 Å². The third kappa shape index (κ3) is 16.4. The Morgan fingerprint density at radius 1 is 0.865 bits per heavy atom. The molecule has 0 atom stereocenters. The second-order valence-corrected chi connectivity index (χ2v) is 14.0. The van der Waals surface area contributed by atoms with Crippen molar-refractivity contribution in [2.24, 2.45) is 0 Å². The molecule has 2 aromatic heterocycles. The predicted octanol–water partition coefficient (Wildman–Crippen LogP) is 1.23. The first-order valence-electron chi connectivity index (χ1n) is 16.6. The maximum atomic E-state index is 10.8. The fraction of sp³-hybridized carbons (Fsp3) is 0.486. The van der Waals surface area contributed by atoms with Gasteiger partial charge in [-0.15, -0.1) is 0 Å². The smallest absolute Gasteiger partial charge is 0.305 e. The number of aromatic nitrogens is 2. The van der Waals surface area contributed by atoms with E-state index in [4.69, 9.17) is 33.2 Å². The number of likely N-dealkylation sites (N-methyl/N-ethyl adjacent to an activating group) is 1. The molecule has 2 aromatic carbocycles. The zero-order valence-corrected chi connectivity index (χ0v) is 30.5. The molecule has 0 unspecified atom stereocenters. The minimum Gasteiger partial charge on any atom is -0.748 e. The van der Waals surface area contributed by atoms with Gasteiger partial charge in [0.2, 0.25) is 5.52 Å². The van der Waals surface area contributed by atoms with Gasteiger partial charge >= 0.3 is 5.97 Å². The van der Waals surface area contributed by atoms with Gasteiger partial charge in [0, 0.05) is 29.3 Å². The Morgan fingerprint density at radius 2 is 1.50 bits per heavy atom. The summed E-state index contributed by atoms with van der Waals surface area (Å²) in [5.41, 5.74) is 2.91. The van der Waals surface area contributed by atoms with Gasteiger partial charge in [0.05, 0.1) is 96.5 Å². The molecule has 17 heteroatoms. The van der Waals surface area contributed by atoms with Crippen molar-refractivity contribution in [3.8, 4) is 17.3 Å². The molecule has 52 heavy (non-hydrogen) atoms. The summed E-state index contributed by atoms with van der Waals surface area (Å²) < 4.78 is 68.5. The number of hydrogen-bond acceptors (Lipinski definition) is 13. The monoisotopic (exact) mass is 749 g/mol. The molecule has 2 heterocycles. The van der Waals surface area contributed by atoms with Gasteiger partial charge in [-0.25, -0.2) is 13.4 Å². The van der Waals surface area contributed by atoms with Gasteiger partial charge in [-0.3, -0.25) is 4.79 Å². The number of carbonyl (C=O) groups excluding carboxylic acids is 1. The molecule has 1 N–H and O–H groups in total. The van der Waals surface area contributed by atoms with E-state index in [0.29, 0.717) is 80.0 Å². The van der Waals surface area contributed by atoms with E-state index in [9.17, 15) is 27.7 Å². The quantitative estimate of drug-likeness (QED) is 0.0490. The van der Waals surface area contributed by atoms with Gasteiger partial charge in [-0.1, -0.05) is 12.1 Å². The molecule has 0 fully saturated rings. The number of quaternary nitrogens is 1. The Hall–Kier alpha value is -4.23. The average molecular weight is 750 g/mol. The number of ether oxygens (including phenoxy) is 5. The van der Waals surface area contributed by atoms with Crippen LogP contribution in [0.15, 0.2) is 59.0 Å². The fourth-order valence-corrected chi connectivity index (χ4v) is 5.16. The first kappa shape index (κ1) is 42.2. The molecule has 0 aliphatic carbocycles. The topological polar surface area (TPSA) is 211 Å². The first-order valence-corrected chi connectivity index (χ1v) is 18.2. The molecule has 0 bridgehead atoms. The highest BCUT2D eigenvalue weighted by Crippen LogP contribution is 2.27. The first-order chi connectivity index (χ1) is 24.7. The standard InChI is InChI=1S/C30H36N2O11S.C5H11NO2/c33-29(34)10-13-38-15-17-40-19-20-41-18-16-39-14-11-32-26-5-2-1-4-23(26)6-9-27(32)30-31-25-8-7-24(22-28(25)43-30)42-12-3-21-44(35,36)37;1-6(2,3)4-5(7)8/h1-2,4-9,22H,3,10-21H2,(H-,33,34,35,36,37);4H2,1-3H3. The SMILES string of the molecule is C[N+](C)(C)CC(=O)[O-].O=C(O)CCOCCOCCOCCOCC[n+]1c(-c2nc3ccc(OCCCS(=O)(=O)[O-])cc3o2)ccc2ccccc21. The number of para-hydroxylation sites is 1. The van der Waals surface area contributed by atoms with Crippen LogP contribution in [0.25, 0.3) is 33.6 Å². The molecular weight excluding hydrogens is 702 g/mol. The highest BCUT2D eigenvalue weighted by atomic mass is 32.2. The molecular formula is C35H47N3O13S. The summed E-state index contributed by atoms with van der Waals surface area (Å²) in [7, 11) is 1.13. The van der Waals surface area contributed by atoms with E-state index >= 15 is 0 Å². The van der Waals surface area contributed by atoms with Crippen molar-refractivity contribution in [2.75, 3.05) is 92.9 Å². The number of pyridine rings is 1. The van der Waals surface area contributed by atoms with E-state index in [-0.39, 0.29) is 32.6 Å². The van der Waals surface area contributed by atoms with Crippen LogP contribution in [0.5, 0.6) is 5.75 Å². The Labute approximate surface area is 302 Å². The fourth-order valence-electron chi connectivity index (χ4n) is 4.68. The number of rotatable bonds is 23. The largest absolute Gasteiger partial charge is 0.748 e. The van der Waals surface area contributed by atoms with Crippen LogP contribution in [0.4, 0.5) is 0 Å². The lowest BCUT2D eigenvalue weighted by molar-refractivity contribution is -0.864. The molecule has 4 aromatic rings. The lowest BCUT2D eigenvalue weighted by Crippen LogP contribution is -2.45. The van der Waals surface area contributed by atoms with Crippen molar-refractivity contribution in [3.63, 3.8) is 0 Å². The summed E-state index contributed by atoms with van der Waals surface area (Å²) in [6, 6.07) is 17.1. The van der Waals surface area contributed by atoms with Crippen molar-refractivity contribution in [1.29, 1.82) is 0 Å². The van der Waals surface area contributed by atoms with Crippen molar-refractivity contribution in [1.82, 2.24) is 4.98 Å². The summed E-state index contributed by atoms with van der Waals surface area (Å²) in [4.78, 5) is 25.0. The third-order valence-electron chi connectivity index (χ3n) is 6.96. The Balaban J connectivity index is 0.000000815. The molecule has 4 rings (SSSR count). The lowest BCUT2D eigenvalue weighted by atomic mass is 10.2. The van der Waals surface area contributed by atoms with E-state index < -0.39 is 27.8 Å². The number of fused-ring (bicyclic) bond motifs is 2. The number of benzene rings is 2.